The molecule has 1 aromatic carbocycles. The van der Waals surface area contributed by atoms with Crippen molar-refractivity contribution in [2.24, 2.45) is 0 Å². The van der Waals surface area contributed by atoms with Gasteiger partial charge in [0.05, 0.1) is 5.60 Å². The van der Waals surface area contributed by atoms with Crippen molar-refractivity contribution < 1.29 is 14.6 Å². The highest BCUT2D eigenvalue weighted by atomic mass is 32.2. The monoisotopic (exact) mass is 280 g/mol. The Morgan fingerprint density at radius 1 is 1.21 bits per heavy atom. The summed E-state index contributed by atoms with van der Waals surface area (Å²) < 4.78 is 11.5. The summed E-state index contributed by atoms with van der Waals surface area (Å²) in [6.07, 6.45) is 4.22. The fraction of sp³-hybridized carbons (Fsp3) is 0.600. The molecule has 1 N–H and O–H groups in total. The Kier molecular flexibility index (Phi) is 4.01. The zero-order chi connectivity index (χ0) is 13.1. The van der Waals surface area contributed by atoms with Crippen molar-refractivity contribution in [3.63, 3.8) is 0 Å². The van der Waals surface area contributed by atoms with Gasteiger partial charge in [-0.2, -0.15) is 0 Å². The molecular weight excluding hydrogens is 260 g/mol. The summed E-state index contributed by atoms with van der Waals surface area (Å²) in [5.74, 6) is 0.345. The summed E-state index contributed by atoms with van der Waals surface area (Å²) in [7, 11) is 0. The van der Waals surface area contributed by atoms with Crippen LogP contribution in [0.1, 0.15) is 25.7 Å². The van der Waals surface area contributed by atoms with Crippen molar-refractivity contribution in [1.82, 2.24) is 0 Å². The molecule has 1 atom stereocenters. The Bertz CT molecular complexity index is 424. The Hall–Kier alpha value is -0.710. The molecule has 3 nitrogen and oxygen atoms in total. The normalized spacial score (nSPS) is 26.4. The van der Waals surface area contributed by atoms with Gasteiger partial charge in [0, 0.05) is 30.0 Å². The summed E-state index contributed by atoms with van der Waals surface area (Å²) in [6.45, 7) is 2.49. The van der Waals surface area contributed by atoms with Crippen molar-refractivity contribution in [1.29, 1.82) is 0 Å². The molecule has 0 amide bonds. The SMILES string of the molecule is Oc1cccc(SC2CCOC3(CCOCC3)C2)c1. The largest absolute Gasteiger partial charge is 0.508 e. The van der Waals surface area contributed by atoms with Crippen molar-refractivity contribution in [3.05, 3.63) is 24.3 Å². The lowest BCUT2D eigenvalue weighted by molar-refractivity contribution is -0.131. The number of benzene rings is 1. The van der Waals surface area contributed by atoms with Crippen LogP contribution in [0.15, 0.2) is 29.2 Å². The quantitative estimate of drug-likeness (QED) is 0.903. The Labute approximate surface area is 118 Å². The molecule has 104 valence electrons. The molecule has 1 unspecified atom stereocenters. The third-order valence-corrected chi connectivity index (χ3v) is 5.23. The number of phenolic OH excluding ortho intramolecular Hbond substituents is 1. The number of thioether (sulfide) groups is 1. The predicted octanol–water partition coefficient (Wildman–Crippen LogP) is 3.21. The molecule has 0 aliphatic carbocycles. The first-order valence-corrected chi connectivity index (χ1v) is 7.81. The van der Waals surface area contributed by atoms with Gasteiger partial charge in [-0.1, -0.05) is 6.07 Å². The van der Waals surface area contributed by atoms with Gasteiger partial charge >= 0.3 is 0 Å². The number of ether oxygens (including phenoxy) is 2. The van der Waals surface area contributed by atoms with Gasteiger partial charge in [-0.15, -0.1) is 11.8 Å². The molecule has 0 aromatic heterocycles. The minimum atomic E-state index is 0.0466. The molecule has 4 heteroatoms. The number of phenols is 1. The van der Waals surface area contributed by atoms with Crippen LogP contribution in [0.25, 0.3) is 0 Å². The van der Waals surface area contributed by atoms with Gasteiger partial charge in [0.1, 0.15) is 5.75 Å². The van der Waals surface area contributed by atoms with Gasteiger partial charge < -0.3 is 14.6 Å². The number of aromatic hydroxyl groups is 1. The fourth-order valence-corrected chi connectivity index (χ4v) is 4.26. The lowest BCUT2D eigenvalue weighted by Gasteiger charge is -2.43. The smallest absolute Gasteiger partial charge is 0.116 e. The molecule has 1 spiro atoms. The van der Waals surface area contributed by atoms with Gasteiger partial charge in [-0.25, -0.2) is 0 Å². The number of hydrogen-bond acceptors (Lipinski definition) is 4. The maximum Gasteiger partial charge on any atom is 0.116 e. The van der Waals surface area contributed by atoms with Crippen LogP contribution in [-0.4, -0.2) is 35.8 Å². The zero-order valence-corrected chi connectivity index (χ0v) is 11.8. The fourth-order valence-electron chi connectivity index (χ4n) is 2.92. The van der Waals surface area contributed by atoms with Crippen molar-refractivity contribution in [2.75, 3.05) is 19.8 Å². The Morgan fingerprint density at radius 2 is 2.05 bits per heavy atom. The summed E-state index contributed by atoms with van der Waals surface area (Å²) in [4.78, 5) is 1.15. The average Bonchev–Trinajstić information content (AvgIpc) is 2.40. The van der Waals surface area contributed by atoms with E-state index in [1.807, 2.05) is 23.9 Å². The van der Waals surface area contributed by atoms with Gasteiger partial charge in [-0.3, -0.25) is 0 Å². The first kappa shape index (κ1) is 13.3. The minimum Gasteiger partial charge on any atom is -0.508 e. The van der Waals surface area contributed by atoms with E-state index in [2.05, 4.69) is 6.07 Å². The van der Waals surface area contributed by atoms with Gasteiger partial charge in [0.2, 0.25) is 0 Å². The Balaban J connectivity index is 1.65. The predicted molar refractivity (Wildman–Crippen MR) is 75.7 cm³/mol. The van der Waals surface area contributed by atoms with Crippen LogP contribution in [0.5, 0.6) is 5.75 Å². The van der Waals surface area contributed by atoms with Crippen LogP contribution in [0.3, 0.4) is 0 Å². The van der Waals surface area contributed by atoms with Crippen LogP contribution in [-0.2, 0) is 9.47 Å². The Morgan fingerprint density at radius 3 is 2.84 bits per heavy atom. The molecule has 2 aliphatic heterocycles. The molecule has 2 heterocycles. The number of hydrogen-bond donors (Lipinski definition) is 1. The highest BCUT2D eigenvalue weighted by molar-refractivity contribution is 8.00. The van der Waals surface area contributed by atoms with E-state index in [9.17, 15) is 5.11 Å². The molecule has 19 heavy (non-hydrogen) atoms. The average molecular weight is 280 g/mol. The second kappa shape index (κ2) is 5.73. The lowest BCUT2D eigenvalue weighted by atomic mass is 9.86. The van der Waals surface area contributed by atoms with E-state index in [4.69, 9.17) is 9.47 Å². The van der Waals surface area contributed by atoms with Crippen molar-refractivity contribution in [3.8, 4) is 5.75 Å². The summed E-state index contributed by atoms with van der Waals surface area (Å²) >= 11 is 1.87. The highest BCUT2D eigenvalue weighted by Gasteiger charge is 2.39. The van der Waals surface area contributed by atoms with E-state index >= 15 is 0 Å². The minimum absolute atomic E-state index is 0.0466. The highest BCUT2D eigenvalue weighted by Crippen LogP contribution is 2.41. The molecule has 0 saturated carbocycles. The van der Waals surface area contributed by atoms with E-state index in [0.29, 0.717) is 11.0 Å². The molecular formula is C15H20O3S. The standard InChI is InChI=1S/C15H20O3S/c16-12-2-1-3-13(10-12)19-14-4-7-18-15(11-14)5-8-17-9-6-15/h1-3,10,14,16H,4-9,11H2. The topological polar surface area (TPSA) is 38.7 Å². The summed E-state index contributed by atoms with van der Waals surface area (Å²) in [6, 6.07) is 7.53. The van der Waals surface area contributed by atoms with Crippen molar-refractivity contribution >= 4 is 11.8 Å². The molecule has 1 aromatic rings. The molecule has 0 radical (unpaired) electrons. The molecule has 2 saturated heterocycles. The zero-order valence-electron chi connectivity index (χ0n) is 11.0. The van der Waals surface area contributed by atoms with Crippen LogP contribution >= 0.6 is 11.8 Å². The maximum absolute atomic E-state index is 9.53. The van der Waals surface area contributed by atoms with Gasteiger partial charge in [-0.05, 0) is 43.9 Å². The van der Waals surface area contributed by atoms with Crippen LogP contribution < -0.4 is 0 Å². The third kappa shape index (κ3) is 3.25. The molecule has 3 rings (SSSR count). The summed E-state index contributed by atoms with van der Waals surface area (Å²) in [5.41, 5.74) is 0.0466. The van der Waals surface area contributed by atoms with E-state index < -0.39 is 0 Å². The van der Waals surface area contributed by atoms with Crippen LogP contribution in [0, 0.1) is 0 Å². The van der Waals surface area contributed by atoms with Crippen molar-refractivity contribution in [2.45, 2.75) is 41.4 Å². The van der Waals surface area contributed by atoms with Gasteiger partial charge in [0.25, 0.3) is 0 Å². The van der Waals surface area contributed by atoms with E-state index in [1.165, 1.54) is 0 Å². The first-order valence-electron chi connectivity index (χ1n) is 6.93. The molecule has 2 aliphatic rings. The summed E-state index contributed by atoms with van der Waals surface area (Å²) in [5, 5.41) is 10.1. The van der Waals surface area contributed by atoms with E-state index in [0.717, 1.165) is 50.4 Å². The van der Waals surface area contributed by atoms with E-state index in [1.54, 1.807) is 6.07 Å². The maximum atomic E-state index is 9.53. The third-order valence-electron chi connectivity index (χ3n) is 3.97. The lowest BCUT2D eigenvalue weighted by Crippen LogP contribution is -2.45. The van der Waals surface area contributed by atoms with Crippen LogP contribution in [0.4, 0.5) is 0 Å². The second-order valence-electron chi connectivity index (χ2n) is 5.37. The van der Waals surface area contributed by atoms with E-state index in [-0.39, 0.29) is 5.60 Å². The molecule has 2 fully saturated rings. The number of rotatable bonds is 2. The van der Waals surface area contributed by atoms with Crippen LogP contribution in [0.2, 0.25) is 0 Å². The second-order valence-corrected chi connectivity index (χ2v) is 6.75. The molecule has 0 bridgehead atoms. The van der Waals surface area contributed by atoms with Gasteiger partial charge in [0.15, 0.2) is 0 Å². The first-order chi connectivity index (χ1) is 9.26.